The number of nitrogens with one attached hydrogen (secondary N) is 3. The number of anilines is 1. The van der Waals surface area contributed by atoms with Crippen molar-refractivity contribution in [1.29, 1.82) is 0 Å². The molecule has 0 bridgehead atoms. The SMILES string of the molecule is Cc1cccc(C)c1NC(=O)CNC(=O)c1cc(Br)c[nH]1. The third-order valence-corrected chi connectivity index (χ3v) is 3.51. The van der Waals surface area contributed by atoms with Gasteiger partial charge in [0.05, 0.1) is 6.54 Å². The van der Waals surface area contributed by atoms with E-state index in [9.17, 15) is 9.59 Å². The van der Waals surface area contributed by atoms with E-state index < -0.39 is 0 Å². The average molecular weight is 350 g/mol. The van der Waals surface area contributed by atoms with Crippen molar-refractivity contribution < 1.29 is 9.59 Å². The summed E-state index contributed by atoms with van der Waals surface area (Å²) in [5, 5.41) is 5.39. The fourth-order valence-electron chi connectivity index (χ4n) is 1.95. The van der Waals surface area contributed by atoms with Crippen LogP contribution in [-0.2, 0) is 4.79 Å². The van der Waals surface area contributed by atoms with Gasteiger partial charge in [0.15, 0.2) is 0 Å². The van der Waals surface area contributed by atoms with Gasteiger partial charge in [-0.15, -0.1) is 0 Å². The van der Waals surface area contributed by atoms with Gasteiger partial charge in [-0.05, 0) is 47.0 Å². The third kappa shape index (κ3) is 3.95. The molecule has 6 heteroatoms. The highest BCUT2D eigenvalue weighted by Crippen LogP contribution is 2.19. The van der Waals surface area contributed by atoms with Crippen LogP contribution in [-0.4, -0.2) is 23.3 Å². The molecule has 0 unspecified atom stereocenters. The molecule has 0 aliphatic carbocycles. The number of hydrogen-bond donors (Lipinski definition) is 3. The van der Waals surface area contributed by atoms with E-state index in [4.69, 9.17) is 0 Å². The highest BCUT2D eigenvalue weighted by Gasteiger charge is 2.11. The molecule has 0 spiro atoms. The molecule has 110 valence electrons. The maximum absolute atomic E-state index is 11.9. The molecule has 1 aromatic carbocycles. The summed E-state index contributed by atoms with van der Waals surface area (Å²) >= 11 is 3.25. The maximum Gasteiger partial charge on any atom is 0.268 e. The van der Waals surface area contributed by atoms with Gasteiger partial charge in [0.25, 0.3) is 5.91 Å². The molecule has 1 aromatic heterocycles. The molecule has 0 saturated carbocycles. The van der Waals surface area contributed by atoms with E-state index in [2.05, 4.69) is 31.5 Å². The van der Waals surface area contributed by atoms with E-state index in [1.54, 1.807) is 12.3 Å². The minimum Gasteiger partial charge on any atom is -0.356 e. The number of aromatic amines is 1. The predicted molar refractivity (Wildman–Crippen MR) is 85.4 cm³/mol. The molecule has 0 fully saturated rings. The first-order chi connectivity index (χ1) is 9.97. The highest BCUT2D eigenvalue weighted by molar-refractivity contribution is 9.10. The molecule has 3 N–H and O–H groups in total. The van der Waals surface area contributed by atoms with Crippen LogP contribution in [0, 0.1) is 13.8 Å². The van der Waals surface area contributed by atoms with E-state index in [0.717, 1.165) is 21.3 Å². The summed E-state index contributed by atoms with van der Waals surface area (Å²) in [6.07, 6.45) is 1.66. The van der Waals surface area contributed by atoms with Crippen molar-refractivity contribution in [1.82, 2.24) is 10.3 Å². The van der Waals surface area contributed by atoms with Crippen LogP contribution in [0.1, 0.15) is 21.6 Å². The quantitative estimate of drug-likeness (QED) is 0.793. The first kappa shape index (κ1) is 15.3. The van der Waals surface area contributed by atoms with Crippen molar-refractivity contribution in [2.45, 2.75) is 13.8 Å². The molecule has 2 rings (SSSR count). The average Bonchev–Trinajstić information content (AvgIpc) is 2.87. The predicted octanol–water partition coefficient (Wildman–Crippen LogP) is 2.76. The molecule has 21 heavy (non-hydrogen) atoms. The largest absolute Gasteiger partial charge is 0.356 e. The molecule has 0 atom stereocenters. The zero-order valence-corrected chi connectivity index (χ0v) is 13.4. The van der Waals surface area contributed by atoms with Crippen molar-refractivity contribution in [3.63, 3.8) is 0 Å². The molecule has 1 heterocycles. The smallest absolute Gasteiger partial charge is 0.268 e. The van der Waals surface area contributed by atoms with Gasteiger partial charge in [0.2, 0.25) is 5.91 Å². The van der Waals surface area contributed by atoms with E-state index in [0.29, 0.717) is 5.69 Å². The van der Waals surface area contributed by atoms with Gasteiger partial charge in [0.1, 0.15) is 5.69 Å². The minimum absolute atomic E-state index is 0.0801. The number of carbonyl (C=O) groups is 2. The van der Waals surface area contributed by atoms with Gasteiger partial charge >= 0.3 is 0 Å². The van der Waals surface area contributed by atoms with Gasteiger partial charge < -0.3 is 15.6 Å². The van der Waals surface area contributed by atoms with E-state index in [-0.39, 0.29) is 18.4 Å². The first-order valence-corrected chi connectivity index (χ1v) is 7.25. The van der Waals surface area contributed by atoms with Gasteiger partial charge in [-0.2, -0.15) is 0 Å². The zero-order chi connectivity index (χ0) is 15.4. The number of rotatable bonds is 4. The summed E-state index contributed by atoms with van der Waals surface area (Å²) < 4.78 is 0.785. The van der Waals surface area contributed by atoms with Crippen LogP contribution in [0.3, 0.4) is 0 Å². The zero-order valence-electron chi connectivity index (χ0n) is 11.8. The molecular formula is C15H16BrN3O2. The van der Waals surface area contributed by atoms with Gasteiger partial charge in [-0.1, -0.05) is 18.2 Å². The summed E-state index contributed by atoms with van der Waals surface area (Å²) in [4.78, 5) is 26.5. The Balaban J connectivity index is 1.92. The van der Waals surface area contributed by atoms with Crippen molar-refractivity contribution in [3.8, 4) is 0 Å². The Morgan fingerprint density at radius 1 is 1.24 bits per heavy atom. The summed E-state index contributed by atoms with van der Waals surface area (Å²) in [7, 11) is 0. The van der Waals surface area contributed by atoms with Gasteiger partial charge in [-0.3, -0.25) is 9.59 Å². The topological polar surface area (TPSA) is 74.0 Å². The van der Waals surface area contributed by atoms with Crippen LogP contribution in [0.2, 0.25) is 0 Å². The Kier molecular flexibility index (Phi) is 4.80. The summed E-state index contributed by atoms with van der Waals surface area (Å²) in [6.45, 7) is 3.78. The maximum atomic E-state index is 11.9. The third-order valence-electron chi connectivity index (χ3n) is 3.05. The molecule has 0 aliphatic heterocycles. The van der Waals surface area contributed by atoms with Crippen molar-refractivity contribution in [3.05, 3.63) is 51.8 Å². The van der Waals surface area contributed by atoms with Gasteiger partial charge in [-0.25, -0.2) is 0 Å². The van der Waals surface area contributed by atoms with Crippen molar-refractivity contribution >= 4 is 33.4 Å². The molecular weight excluding hydrogens is 334 g/mol. The van der Waals surface area contributed by atoms with Crippen LogP contribution in [0.25, 0.3) is 0 Å². The number of amides is 2. The number of carbonyl (C=O) groups excluding carboxylic acids is 2. The number of para-hydroxylation sites is 1. The second kappa shape index (κ2) is 6.58. The van der Waals surface area contributed by atoms with Crippen LogP contribution in [0.5, 0.6) is 0 Å². The minimum atomic E-state index is -0.322. The second-order valence-corrected chi connectivity index (χ2v) is 5.64. The summed E-state index contributed by atoms with van der Waals surface area (Å²) in [5.74, 6) is -0.580. The number of benzene rings is 1. The van der Waals surface area contributed by atoms with E-state index in [1.165, 1.54) is 0 Å². The number of aryl methyl sites for hydroxylation is 2. The van der Waals surface area contributed by atoms with Crippen LogP contribution in [0.15, 0.2) is 34.9 Å². The Labute approximate surface area is 131 Å². The number of aromatic nitrogens is 1. The monoisotopic (exact) mass is 349 g/mol. The molecule has 0 aliphatic rings. The normalized spacial score (nSPS) is 10.2. The fourth-order valence-corrected chi connectivity index (χ4v) is 2.29. The molecule has 0 saturated heterocycles. The Hall–Kier alpha value is -2.08. The molecule has 0 radical (unpaired) electrons. The van der Waals surface area contributed by atoms with Crippen molar-refractivity contribution in [2.24, 2.45) is 0 Å². The van der Waals surface area contributed by atoms with Gasteiger partial charge in [0, 0.05) is 16.4 Å². The first-order valence-electron chi connectivity index (χ1n) is 6.45. The van der Waals surface area contributed by atoms with Crippen LogP contribution >= 0.6 is 15.9 Å². The Morgan fingerprint density at radius 3 is 2.48 bits per heavy atom. The van der Waals surface area contributed by atoms with Crippen LogP contribution < -0.4 is 10.6 Å². The lowest BCUT2D eigenvalue weighted by atomic mass is 10.1. The molecule has 2 amide bonds. The van der Waals surface area contributed by atoms with E-state index in [1.807, 2.05) is 32.0 Å². The number of hydrogen-bond acceptors (Lipinski definition) is 2. The Bertz CT molecular complexity index is 659. The van der Waals surface area contributed by atoms with E-state index >= 15 is 0 Å². The molecule has 5 nitrogen and oxygen atoms in total. The lowest BCUT2D eigenvalue weighted by molar-refractivity contribution is -0.115. The number of H-pyrrole nitrogens is 1. The summed E-state index contributed by atoms with van der Waals surface area (Å²) in [5.41, 5.74) is 3.17. The lowest BCUT2D eigenvalue weighted by Crippen LogP contribution is -2.33. The highest BCUT2D eigenvalue weighted by atomic mass is 79.9. The Morgan fingerprint density at radius 2 is 1.90 bits per heavy atom. The summed E-state index contributed by atoms with van der Waals surface area (Å²) in [6, 6.07) is 7.44. The second-order valence-electron chi connectivity index (χ2n) is 4.73. The molecule has 2 aromatic rings. The van der Waals surface area contributed by atoms with Crippen molar-refractivity contribution in [2.75, 3.05) is 11.9 Å². The number of halogens is 1. The lowest BCUT2D eigenvalue weighted by Gasteiger charge is -2.11. The fraction of sp³-hybridized carbons (Fsp3) is 0.200. The van der Waals surface area contributed by atoms with Crippen LogP contribution in [0.4, 0.5) is 5.69 Å². The standard InChI is InChI=1S/C15H16BrN3O2/c1-9-4-3-5-10(2)14(9)19-13(20)8-18-15(21)12-6-11(16)7-17-12/h3-7,17H,8H2,1-2H3,(H,18,21)(H,19,20).